The van der Waals surface area contributed by atoms with Gasteiger partial charge in [0.15, 0.2) is 0 Å². The van der Waals surface area contributed by atoms with Crippen molar-refractivity contribution < 1.29 is 24.4 Å². The maximum Gasteiger partial charge on any atom is 0.325 e. The molecule has 13 heavy (non-hydrogen) atoms. The Hall–Kier alpha value is -0.420. The van der Waals surface area contributed by atoms with E-state index in [1.165, 1.54) is 7.05 Å². The highest BCUT2D eigenvalue weighted by molar-refractivity contribution is 7.51. The van der Waals surface area contributed by atoms with Crippen LogP contribution in [0.5, 0.6) is 0 Å². The molecular weight excluding hydrogens is 197 g/mol. The van der Waals surface area contributed by atoms with Gasteiger partial charge in [0.2, 0.25) is 5.91 Å². The summed E-state index contributed by atoms with van der Waals surface area (Å²) in [5.41, 5.74) is 0. The van der Waals surface area contributed by atoms with E-state index in [1.807, 2.05) is 0 Å². The first kappa shape index (κ1) is 12.6. The lowest BCUT2D eigenvalue weighted by atomic mass is 10.1. The van der Waals surface area contributed by atoms with E-state index < -0.39 is 19.4 Å². The number of carbonyl (C=O) groups is 1. The Morgan fingerprint density at radius 1 is 1.54 bits per heavy atom. The molecule has 0 fully saturated rings. The quantitative estimate of drug-likeness (QED) is 0.346. The molecule has 0 bridgehead atoms. The van der Waals surface area contributed by atoms with Gasteiger partial charge in [-0.1, -0.05) is 6.92 Å². The van der Waals surface area contributed by atoms with Gasteiger partial charge in [-0.25, -0.2) is 5.06 Å². The van der Waals surface area contributed by atoms with Crippen LogP contribution in [0, 0.1) is 5.92 Å². The van der Waals surface area contributed by atoms with Crippen LogP contribution in [0.15, 0.2) is 0 Å². The summed E-state index contributed by atoms with van der Waals surface area (Å²) in [5.74, 6) is -0.996. The molecule has 0 aliphatic carbocycles. The fourth-order valence-electron chi connectivity index (χ4n) is 0.901. The van der Waals surface area contributed by atoms with Crippen molar-refractivity contribution in [2.24, 2.45) is 5.92 Å². The van der Waals surface area contributed by atoms with Crippen molar-refractivity contribution in [2.45, 2.75) is 13.3 Å². The standard InChI is InChI=1S/C6H14NO5P/c1-5(4-13(10,11)12)3-6(8)7(2)9/h5,9H,3-4H2,1-2H3,(H2,10,11,12). The predicted molar refractivity (Wildman–Crippen MR) is 45.2 cm³/mol. The summed E-state index contributed by atoms with van der Waals surface area (Å²) < 4.78 is 10.5. The van der Waals surface area contributed by atoms with Gasteiger partial charge in [0, 0.05) is 13.5 Å². The van der Waals surface area contributed by atoms with Gasteiger partial charge < -0.3 is 9.79 Å². The summed E-state index contributed by atoms with van der Waals surface area (Å²) in [6.45, 7) is 1.54. The van der Waals surface area contributed by atoms with Crippen LogP contribution in [0.2, 0.25) is 0 Å². The third-order valence-electron chi connectivity index (χ3n) is 1.43. The molecule has 0 aromatic carbocycles. The first-order chi connectivity index (χ1) is 5.72. The minimum absolute atomic E-state index is 0.0713. The summed E-state index contributed by atoms with van der Waals surface area (Å²) in [6, 6.07) is 0. The molecule has 0 saturated carbocycles. The average Bonchev–Trinajstić information content (AvgIpc) is 1.81. The van der Waals surface area contributed by atoms with Crippen LogP contribution in [0.4, 0.5) is 0 Å². The number of hydroxylamine groups is 2. The molecular formula is C6H14NO5P. The molecule has 0 rings (SSSR count). The number of rotatable bonds is 4. The monoisotopic (exact) mass is 211 g/mol. The molecule has 3 N–H and O–H groups in total. The lowest BCUT2D eigenvalue weighted by molar-refractivity contribution is -0.160. The third kappa shape index (κ3) is 6.72. The number of hydrogen-bond donors (Lipinski definition) is 3. The van der Waals surface area contributed by atoms with Crippen molar-refractivity contribution in [3.63, 3.8) is 0 Å². The van der Waals surface area contributed by atoms with Crippen LogP contribution in [0.3, 0.4) is 0 Å². The lowest BCUT2D eigenvalue weighted by Gasteiger charge is -2.14. The molecule has 0 saturated heterocycles. The van der Waals surface area contributed by atoms with Crippen molar-refractivity contribution in [2.75, 3.05) is 13.2 Å². The van der Waals surface area contributed by atoms with Gasteiger partial charge >= 0.3 is 7.60 Å². The average molecular weight is 211 g/mol. The summed E-state index contributed by atoms with van der Waals surface area (Å²) in [4.78, 5) is 28.0. The first-order valence-corrected chi connectivity index (χ1v) is 5.52. The second kappa shape index (κ2) is 4.72. The van der Waals surface area contributed by atoms with Gasteiger partial charge in [0.1, 0.15) is 0 Å². The highest BCUT2D eigenvalue weighted by Gasteiger charge is 2.21. The Labute approximate surface area is 76.3 Å². The molecule has 0 radical (unpaired) electrons. The molecule has 0 aliphatic rings. The topological polar surface area (TPSA) is 98.1 Å². The molecule has 0 aromatic heterocycles. The van der Waals surface area contributed by atoms with Crippen LogP contribution in [0.1, 0.15) is 13.3 Å². The number of amides is 1. The summed E-state index contributed by atoms with van der Waals surface area (Å²) in [7, 11) is -2.89. The predicted octanol–water partition coefficient (Wildman–Crippen LogP) is 0.0379. The zero-order chi connectivity index (χ0) is 10.6. The second-order valence-electron chi connectivity index (χ2n) is 3.07. The Morgan fingerprint density at radius 3 is 2.31 bits per heavy atom. The number of carbonyl (C=O) groups excluding carboxylic acids is 1. The van der Waals surface area contributed by atoms with Crippen LogP contribution >= 0.6 is 7.60 Å². The molecule has 0 heterocycles. The van der Waals surface area contributed by atoms with E-state index in [9.17, 15) is 9.36 Å². The van der Waals surface area contributed by atoms with Crippen molar-refractivity contribution in [1.82, 2.24) is 5.06 Å². The summed E-state index contributed by atoms with van der Waals surface area (Å²) in [5, 5.41) is 9.07. The number of nitrogens with zero attached hydrogens (tertiary/aromatic N) is 1. The highest BCUT2D eigenvalue weighted by Crippen LogP contribution is 2.37. The van der Waals surface area contributed by atoms with Crippen molar-refractivity contribution in [3.05, 3.63) is 0 Å². The van der Waals surface area contributed by atoms with Gasteiger partial charge in [0.05, 0.1) is 6.16 Å². The fourth-order valence-corrected chi connectivity index (χ4v) is 1.84. The van der Waals surface area contributed by atoms with Crippen LogP contribution in [0.25, 0.3) is 0 Å². The van der Waals surface area contributed by atoms with E-state index in [0.717, 1.165) is 0 Å². The van der Waals surface area contributed by atoms with E-state index in [0.29, 0.717) is 5.06 Å². The third-order valence-corrected chi connectivity index (χ3v) is 2.53. The summed E-state index contributed by atoms with van der Waals surface area (Å²) in [6.07, 6.45) is -0.412. The van der Waals surface area contributed by atoms with Crippen LogP contribution in [-0.4, -0.2) is 39.2 Å². The van der Waals surface area contributed by atoms with Crippen molar-refractivity contribution in [3.8, 4) is 0 Å². The van der Waals surface area contributed by atoms with Gasteiger partial charge in [-0.2, -0.15) is 0 Å². The molecule has 0 aliphatic heterocycles. The Kier molecular flexibility index (Phi) is 4.56. The maximum atomic E-state index is 10.9. The van der Waals surface area contributed by atoms with Gasteiger partial charge in [-0.3, -0.25) is 14.6 Å². The summed E-state index contributed by atoms with van der Waals surface area (Å²) >= 11 is 0. The number of hydrogen-bond acceptors (Lipinski definition) is 3. The minimum Gasteiger partial charge on any atom is -0.324 e. The second-order valence-corrected chi connectivity index (χ2v) is 4.77. The SMILES string of the molecule is CC(CC(=O)N(C)O)CP(=O)(O)O. The highest BCUT2D eigenvalue weighted by atomic mass is 31.2. The van der Waals surface area contributed by atoms with Crippen LogP contribution in [-0.2, 0) is 9.36 Å². The van der Waals surface area contributed by atoms with E-state index >= 15 is 0 Å². The molecule has 1 unspecified atom stereocenters. The molecule has 6 nitrogen and oxygen atoms in total. The molecule has 78 valence electrons. The lowest BCUT2D eigenvalue weighted by Crippen LogP contribution is -2.25. The normalized spacial score (nSPS) is 13.9. The zero-order valence-electron chi connectivity index (χ0n) is 7.54. The van der Waals surface area contributed by atoms with Crippen molar-refractivity contribution >= 4 is 13.5 Å². The molecule has 7 heteroatoms. The maximum absolute atomic E-state index is 10.9. The van der Waals surface area contributed by atoms with Crippen LogP contribution < -0.4 is 0 Å². The smallest absolute Gasteiger partial charge is 0.324 e. The minimum atomic E-state index is -4.06. The van der Waals surface area contributed by atoms with E-state index in [1.54, 1.807) is 6.92 Å². The zero-order valence-corrected chi connectivity index (χ0v) is 8.44. The Bertz CT molecular complexity index is 223. The van der Waals surface area contributed by atoms with E-state index in [4.69, 9.17) is 15.0 Å². The molecule has 0 spiro atoms. The largest absolute Gasteiger partial charge is 0.325 e. The van der Waals surface area contributed by atoms with Gasteiger partial charge in [-0.15, -0.1) is 0 Å². The molecule has 1 amide bonds. The Balaban J connectivity index is 3.95. The van der Waals surface area contributed by atoms with Gasteiger partial charge in [0.25, 0.3) is 0 Å². The molecule has 0 aromatic rings. The Morgan fingerprint density at radius 2 is 2.00 bits per heavy atom. The van der Waals surface area contributed by atoms with Gasteiger partial charge in [-0.05, 0) is 5.92 Å². The van der Waals surface area contributed by atoms with Crippen molar-refractivity contribution in [1.29, 1.82) is 0 Å². The van der Waals surface area contributed by atoms with E-state index in [2.05, 4.69) is 0 Å². The fraction of sp³-hybridized carbons (Fsp3) is 0.833. The van der Waals surface area contributed by atoms with E-state index in [-0.39, 0.29) is 12.6 Å². The first-order valence-electron chi connectivity index (χ1n) is 3.72. The molecule has 1 atom stereocenters.